The summed E-state index contributed by atoms with van der Waals surface area (Å²) in [5.74, 6) is -0.948. The Bertz CT molecular complexity index is 404. The molecule has 0 spiro atoms. The molecule has 1 atom stereocenters. The highest BCUT2D eigenvalue weighted by atomic mass is 35.5. The largest absolute Gasteiger partial charge is 0.385 e. The normalized spacial score (nSPS) is 13.5. The summed E-state index contributed by atoms with van der Waals surface area (Å²) in [5.41, 5.74) is -0.420. The van der Waals surface area contributed by atoms with Crippen LogP contribution in [0, 0.1) is 11.2 Å². The maximum absolute atomic E-state index is 13.5. The van der Waals surface area contributed by atoms with Crippen molar-refractivity contribution in [2.45, 2.75) is 33.3 Å². The number of ketones is 1. The van der Waals surface area contributed by atoms with Crippen LogP contribution >= 0.6 is 11.6 Å². The first kappa shape index (κ1) is 14.1. The minimum Gasteiger partial charge on any atom is -0.385 e. The molecule has 1 aromatic rings. The fraction of sp³-hybridized carbons (Fsp3) is 0.462. The maximum atomic E-state index is 13.5. The first-order valence-electron chi connectivity index (χ1n) is 5.37. The summed E-state index contributed by atoms with van der Waals surface area (Å²) in [6, 6.07) is 4.25. The van der Waals surface area contributed by atoms with Crippen LogP contribution in [0.15, 0.2) is 18.2 Å². The van der Waals surface area contributed by atoms with E-state index >= 15 is 0 Å². The quantitative estimate of drug-likeness (QED) is 0.905. The third kappa shape index (κ3) is 3.51. The maximum Gasteiger partial charge on any atom is 0.166 e. The first-order chi connectivity index (χ1) is 7.73. The number of aliphatic hydroxyl groups excluding tert-OH is 1. The van der Waals surface area contributed by atoms with Gasteiger partial charge in [0, 0.05) is 17.0 Å². The molecular formula is C13H16ClFO2. The zero-order valence-corrected chi connectivity index (χ0v) is 10.9. The van der Waals surface area contributed by atoms with Crippen LogP contribution in [0.2, 0.25) is 5.02 Å². The van der Waals surface area contributed by atoms with Gasteiger partial charge in [-0.15, -0.1) is 0 Å². The smallest absolute Gasteiger partial charge is 0.166 e. The van der Waals surface area contributed by atoms with E-state index in [9.17, 15) is 14.3 Å². The van der Waals surface area contributed by atoms with Gasteiger partial charge in [0.2, 0.25) is 0 Å². The molecule has 0 bridgehead atoms. The SMILES string of the molecule is CC(C)(C)C(O)C(=O)Cc1c(F)cccc1Cl. The molecule has 0 amide bonds. The molecule has 0 aliphatic carbocycles. The van der Waals surface area contributed by atoms with Crippen molar-refractivity contribution in [1.29, 1.82) is 0 Å². The first-order valence-corrected chi connectivity index (χ1v) is 5.75. The van der Waals surface area contributed by atoms with E-state index in [2.05, 4.69) is 0 Å². The van der Waals surface area contributed by atoms with E-state index in [1.807, 2.05) is 0 Å². The van der Waals surface area contributed by atoms with Gasteiger partial charge >= 0.3 is 0 Å². The van der Waals surface area contributed by atoms with Crippen LogP contribution in [0.4, 0.5) is 4.39 Å². The number of Topliss-reactive ketones (excluding diaryl/α,β-unsaturated/α-hetero) is 1. The van der Waals surface area contributed by atoms with E-state index in [1.54, 1.807) is 20.8 Å². The van der Waals surface area contributed by atoms with E-state index in [0.717, 1.165) is 0 Å². The highest BCUT2D eigenvalue weighted by Gasteiger charge is 2.29. The molecule has 0 aliphatic rings. The lowest BCUT2D eigenvalue weighted by molar-refractivity contribution is -0.131. The van der Waals surface area contributed by atoms with Gasteiger partial charge in [0.1, 0.15) is 11.9 Å². The fourth-order valence-corrected chi connectivity index (χ4v) is 1.68. The minimum atomic E-state index is -1.13. The standard InChI is InChI=1S/C13H16ClFO2/c1-13(2,3)12(17)11(16)7-8-9(14)5-4-6-10(8)15/h4-6,12,17H,7H2,1-3H3. The van der Waals surface area contributed by atoms with Gasteiger partial charge < -0.3 is 5.11 Å². The summed E-state index contributed by atoms with van der Waals surface area (Å²) in [4.78, 5) is 11.8. The molecule has 0 fully saturated rings. The zero-order valence-electron chi connectivity index (χ0n) is 10.1. The Morgan fingerprint density at radius 1 is 1.47 bits per heavy atom. The Morgan fingerprint density at radius 2 is 2.06 bits per heavy atom. The second-order valence-corrected chi connectivity index (χ2v) is 5.52. The average Bonchev–Trinajstić information content (AvgIpc) is 2.21. The van der Waals surface area contributed by atoms with Crippen molar-refractivity contribution in [3.8, 4) is 0 Å². The van der Waals surface area contributed by atoms with E-state index < -0.39 is 23.1 Å². The van der Waals surface area contributed by atoms with Crippen molar-refractivity contribution in [1.82, 2.24) is 0 Å². The third-order valence-electron chi connectivity index (χ3n) is 2.54. The van der Waals surface area contributed by atoms with Gasteiger partial charge in [-0.3, -0.25) is 4.79 Å². The Kier molecular flexibility index (Phi) is 4.28. The number of carbonyl (C=O) groups excluding carboxylic acids is 1. The number of benzene rings is 1. The number of halogens is 2. The molecule has 1 rings (SSSR count). The second-order valence-electron chi connectivity index (χ2n) is 5.11. The van der Waals surface area contributed by atoms with Gasteiger partial charge in [0.15, 0.2) is 5.78 Å². The number of rotatable bonds is 3. The third-order valence-corrected chi connectivity index (χ3v) is 2.89. The van der Waals surface area contributed by atoms with Crippen molar-refractivity contribution in [3.63, 3.8) is 0 Å². The van der Waals surface area contributed by atoms with Gasteiger partial charge in [0.25, 0.3) is 0 Å². The van der Waals surface area contributed by atoms with E-state index in [-0.39, 0.29) is 17.0 Å². The summed E-state index contributed by atoms with van der Waals surface area (Å²) < 4.78 is 13.5. The van der Waals surface area contributed by atoms with Crippen LogP contribution in [0.1, 0.15) is 26.3 Å². The molecule has 2 nitrogen and oxygen atoms in total. The molecule has 17 heavy (non-hydrogen) atoms. The Labute approximate surface area is 105 Å². The lowest BCUT2D eigenvalue weighted by Crippen LogP contribution is -2.35. The van der Waals surface area contributed by atoms with Crippen LogP contribution in [0.5, 0.6) is 0 Å². The molecule has 0 aromatic heterocycles. The molecule has 94 valence electrons. The monoisotopic (exact) mass is 258 g/mol. The predicted molar refractivity (Wildman–Crippen MR) is 65.6 cm³/mol. The Balaban J connectivity index is 2.89. The van der Waals surface area contributed by atoms with E-state index in [0.29, 0.717) is 0 Å². The lowest BCUT2D eigenvalue weighted by atomic mass is 9.85. The molecule has 1 N–H and O–H groups in total. The van der Waals surface area contributed by atoms with Crippen LogP contribution in [0.3, 0.4) is 0 Å². The number of aliphatic hydroxyl groups is 1. The molecule has 0 saturated carbocycles. The lowest BCUT2D eigenvalue weighted by Gasteiger charge is -2.24. The molecule has 0 radical (unpaired) electrons. The minimum absolute atomic E-state index is 0.141. The van der Waals surface area contributed by atoms with Gasteiger partial charge in [-0.1, -0.05) is 38.4 Å². The van der Waals surface area contributed by atoms with Crippen molar-refractivity contribution in [3.05, 3.63) is 34.6 Å². The van der Waals surface area contributed by atoms with E-state index in [4.69, 9.17) is 11.6 Å². The molecule has 0 aliphatic heterocycles. The zero-order chi connectivity index (χ0) is 13.2. The number of hydrogen-bond donors (Lipinski definition) is 1. The number of hydrogen-bond acceptors (Lipinski definition) is 2. The average molecular weight is 259 g/mol. The van der Waals surface area contributed by atoms with E-state index in [1.165, 1.54) is 18.2 Å². The predicted octanol–water partition coefficient (Wildman–Crippen LogP) is 3.00. The fourth-order valence-electron chi connectivity index (χ4n) is 1.46. The van der Waals surface area contributed by atoms with Crippen molar-refractivity contribution >= 4 is 17.4 Å². The second kappa shape index (κ2) is 5.15. The highest BCUT2D eigenvalue weighted by molar-refractivity contribution is 6.31. The van der Waals surface area contributed by atoms with Crippen molar-refractivity contribution in [2.24, 2.45) is 5.41 Å². The van der Waals surface area contributed by atoms with Crippen LogP contribution in [-0.4, -0.2) is 17.0 Å². The van der Waals surface area contributed by atoms with Crippen LogP contribution in [-0.2, 0) is 11.2 Å². The van der Waals surface area contributed by atoms with Gasteiger partial charge in [-0.2, -0.15) is 0 Å². The van der Waals surface area contributed by atoms with Crippen molar-refractivity contribution < 1.29 is 14.3 Å². The van der Waals surface area contributed by atoms with Crippen molar-refractivity contribution in [2.75, 3.05) is 0 Å². The summed E-state index contributed by atoms with van der Waals surface area (Å²) in [6.07, 6.45) is -1.32. The van der Waals surface area contributed by atoms with Crippen LogP contribution < -0.4 is 0 Å². The number of carbonyl (C=O) groups is 1. The van der Waals surface area contributed by atoms with Crippen LogP contribution in [0.25, 0.3) is 0 Å². The molecule has 0 heterocycles. The summed E-state index contributed by atoms with van der Waals surface area (Å²) in [7, 11) is 0. The van der Waals surface area contributed by atoms with Gasteiger partial charge in [0.05, 0.1) is 0 Å². The highest BCUT2D eigenvalue weighted by Crippen LogP contribution is 2.24. The molecule has 1 unspecified atom stereocenters. The topological polar surface area (TPSA) is 37.3 Å². The molecular weight excluding hydrogens is 243 g/mol. The molecule has 1 aromatic carbocycles. The van der Waals surface area contributed by atoms with Gasteiger partial charge in [-0.05, 0) is 17.5 Å². The Morgan fingerprint density at radius 3 is 2.53 bits per heavy atom. The van der Waals surface area contributed by atoms with Gasteiger partial charge in [-0.25, -0.2) is 4.39 Å². The molecule has 0 saturated heterocycles. The summed E-state index contributed by atoms with van der Waals surface area (Å²) in [5, 5.41) is 9.99. The Hall–Kier alpha value is -0.930. The summed E-state index contributed by atoms with van der Waals surface area (Å²) >= 11 is 5.82. The summed E-state index contributed by atoms with van der Waals surface area (Å²) in [6.45, 7) is 5.25. The molecule has 4 heteroatoms.